The molecule has 0 unspecified atom stereocenters. The van der Waals surface area contributed by atoms with E-state index in [1.54, 1.807) is 6.07 Å². The lowest BCUT2D eigenvalue weighted by Gasteiger charge is -2.50. The van der Waals surface area contributed by atoms with Crippen LogP contribution in [-0.2, 0) is 11.2 Å². The summed E-state index contributed by atoms with van der Waals surface area (Å²) < 4.78 is 0. The van der Waals surface area contributed by atoms with Gasteiger partial charge in [-0.25, -0.2) is 9.97 Å². The summed E-state index contributed by atoms with van der Waals surface area (Å²) in [5.41, 5.74) is 5.33. The van der Waals surface area contributed by atoms with E-state index in [0.717, 1.165) is 69.4 Å². The van der Waals surface area contributed by atoms with Crippen LogP contribution in [0.1, 0.15) is 66.2 Å². The molecule has 1 spiro atoms. The zero-order valence-corrected chi connectivity index (χ0v) is 19.4. The van der Waals surface area contributed by atoms with Crippen molar-refractivity contribution in [1.29, 1.82) is 0 Å². The van der Waals surface area contributed by atoms with Crippen LogP contribution in [0.15, 0.2) is 60.9 Å². The molecule has 2 heterocycles. The molecule has 3 aromatic rings. The van der Waals surface area contributed by atoms with Crippen molar-refractivity contribution in [3.63, 3.8) is 0 Å². The van der Waals surface area contributed by atoms with Crippen LogP contribution in [0.2, 0.25) is 0 Å². The molecule has 174 valence electrons. The van der Waals surface area contributed by atoms with Gasteiger partial charge in [0, 0.05) is 37.3 Å². The SMILES string of the molecule is O=CC1CC2(CCN(c3ncc([C@H]4c5ccc(O)cc5CC[C@H]4c4ccccc4)cn3)CC2)C1. The van der Waals surface area contributed by atoms with Gasteiger partial charge in [0.05, 0.1) is 0 Å². The second-order valence-corrected chi connectivity index (χ2v) is 10.5. The van der Waals surface area contributed by atoms with E-state index >= 15 is 0 Å². The molecule has 1 N–H and O–H groups in total. The number of hydrogen-bond donors (Lipinski definition) is 1. The van der Waals surface area contributed by atoms with E-state index in [-0.39, 0.29) is 11.8 Å². The number of aromatic hydroxyl groups is 1. The van der Waals surface area contributed by atoms with Gasteiger partial charge in [0.25, 0.3) is 0 Å². The topological polar surface area (TPSA) is 66.3 Å². The number of carbonyl (C=O) groups is 1. The molecular weight excluding hydrogens is 422 g/mol. The molecule has 0 radical (unpaired) electrons. The summed E-state index contributed by atoms with van der Waals surface area (Å²) in [5.74, 6) is 1.94. The van der Waals surface area contributed by atoms with Crippen LogP contribution in [0, 0.1) is 11.3 Å². The number of nitrogens with zero attached hydrogens (tertiary/aromatic N) is 3. The molecule has 2 aliphatic carbocycles. The Morgan fingerprint density at radius 2 is 1.71 bits per heavy atom. The van der Waals surface area contributed by atoms with Gasteiger partial charge in [-0.1, -0.05) is 36.4 Å². The van der Waals surface area contributed by atoms with E-state index in [9.17, 15) is 9.90 Å². The fourth-order valence-electron chi connectivity index (χ4n) is 6.67. The first-order valence-electron chi connectivity index (χ1n) is 12.5. The first kappa shape index (κ1) is 21.3. The summed E-state index contributed by atoms with van der Waals surface area (Å²) in [6.45, 7) is 1.92. The summed E-state index contributed by atoms with van der Waals surface area (Å²) in [4.78, 5) is 23.0. The number of hydrogen-bond acceptors (Lipinski definition) is 5. The van der Waals surface area contributed by atoms with Crippen molar-refractivity contribution in [3.8, 4) is 5.75 Å². The number of fused-ring (bicyclic) bond motifs is 1. The molecule has 2 fully saturated rings. The summed E-state index contributed by atoms with van der Waals surface area (Å²) >= 11 is 0. The fraction of sp³-hybridized carbons (Fsp3) is 0.414. The minimum Gasteiger partial charge on any atom is -0.508 e. The highest BCUT2D eigenvalue weighted by Crippen LogP contribution is 2.52. The van der Waals surface area contributed by atoms with Gasteiger partial charge >= 0.3 is 0 Å². The molecule has 1 aromatic heterocycles. The largest absolute Gasteiger partial charge is 0.508 e. The lowest BCUT2D eigenvalue weighted by molar-refractivity contribution is -0.118. The van der Waals surface area contributed by atoms with Gasteiger partial charge in [-0.15, -0.1) is 0 Å². The Balaban J connectivity index is 1.26. The molecule has 3 aliphatic rings. The second-order valence-electron chi connectivity index (χ2n) is 10.5. The molecule has 0 bridgehead atoms. The van der Waals surface area contributed by atoms with Crippen molar-refractivity contribution in [1.82, 2.24) is 9.97 Å². The number of benzene rings is 2. The smallest absolute Gasteiger partial charge is 0.225 e. The number of piperidine rings is 1. The maximum absolute atomic E-state index is 11.0. The van der Waals surface area contributed by atoms with Gasteiger partial charge in [-0.3, -0.25) is 0 Å². The van der Waals surface area contributed by atoms with E-state index in [0.29, 0.717) is 17.1 Å². The Kier molecular flexibility index (Phi) is 5.35. The quantitative estimate of drug-likeness (QED) is 0.547. The van der Waals surface area contributed by atoms with Crippen LogP contribution in [0.3, 0.4) is 0 Å². The summed E-state index contributed by atoms with van der Waals surface area (Å²) in [7, 11) is 0. The number of anilines is 1. The first-order chi connectivity index (χ1) is 16.6. The van der Waals surface area contributed by atoms with Crippen LogP contribution in [0.25, 0.3) is 0 Å². The predicted molar refractivity (Wildman–Crippen MR) is 132 cm³/mol. The second kappa shape index (κ2) is 8.53. The lowest BCUT2D eigenvalue weighted by Crippen LogP contribution is -2.47. The van der Waals surface area contributed by atoms with E-state index in [2.05, 4.69) is 41.3 Å². The Morgan fingerprint density at radius 3 is 2.41 bits per heavy atom. The van der Waals surface area contributed by atoms with Gasteiger partial charge in [-0.2, -0.15) is 0 Å². The van der Waals surface area contributed by atoms with Crippen molar-refractivity contribution < 1.29 is 9.90 Å². The van der Waals surface area contributed by atoms with Crippen molar-refractivity contribution >= 4 is 12.2 Å². The first-order valence-corrected chi connectivity index (χ1v) is 12.5. The van der Waals surface area contributed by atoms with Crippen LogP contribution in [0.5, 0.6) is 5.75 Å². The number of rotatable bonds is 4. The number of carbonyl (C=O) groups excluding carboxylic acids is 1. The molecule has 1 saturated carbocycles. The Bertz CT molecular complexity index is 1160. The number of aldehydes is 1. The Hall–Kier alpha value is -3.21. The van der Waals surface area contributed by atoms with E-state index in [4.69, 9.17) is 9.97 Å². The van der Waals surface area contributed by atoms with Gasteiger partial charge in [0.2, 0.25) is 5.95 Å². The molecule has 1 aliphatic heterocycles. The summed E-state index contributed by atoms with van der Waals surface area (Å²) in [6, 6.07) is 16.5. The van der Waals surface area contributed by atoms with E-state index in [1.165, 1.54) is 16.7 Å². The predicted octanol–water partition coefficient (Wildman–Crippen LogP) is 5.24. The number of phenolic OH excluding ortho intramolecular Hbond substituents is 1. The normalized spacial score (nSPS) is 23.8. The lowest BCUT2D eigenvalue weighted by atomic mass is 9.58. The molecule has 2 aromatic carbocycles. The average Bonchev–Trinajstić information content (AvgIpc) is 2.87. The highest BCUT2D eigenvalue weighted by molar-refractivity contribution is 5.56. The fourth-order valence-corrected chi connectivity index (χ4v) is 6.67. The van der Waals surface area contributed by atoms with Crippen molar-refractivity contribution in [3.05, 3.63) is 83.2 Å². The molecule has 34 heavy (non-hydrogen) atoms. The number of phenols is 1. The molecule has 0 amide bonds. The molecule has 5 nitrogen and oxygen atoms in total. The van der Waals surface area contributed by atoms with E-state index in [1.807, 2.05) is 18.5 Å². The van der Waals surface area contributed by atoms with E-state index < -0.39 is 0 Å². The molecular formula is C29H31N3O2. The van der Waals surface area contributed by atoms with Crippen molar-refractivity contribution in [2.75, 3.05) is 18.0 Å². The van der Waals surface area contributed by atoms with Crippen LogP contribution < -0.4 is 4.90 Å². The highest BCUT2D eigenvalue weighted by atomic mass is 16.3. The molecule has 2 atom stereocenters. The summed E-state index contributed by atoms with van der Waals surface area (Å²) in [5, 5.41) is 10.0. The van der Waals surface area contributed by atoms with Crippen molar-refractivity contribution in [2.45, 2.75) is 50.4 Å². The maximum Gasteiger partial charge on any atom is 0.225 e. The van der Waals surface area contributed by atoms with Gasteiger partial charge in [0.15, 0.2) is 0 Å². The standard InChI is InChI=1S/C29H31N3O2/c33-19-20-15-29(16-20)10-12-32(13-11-29)28-30-17-23(18-31-28)27-25(21-4-2-1-3-5-21)8-6-22-14-24(34)7-9-26(22)27/h1-5,7,9,14,17-20,25,27,34H,6,8,10-13,15-16H2/t25-,27+/m0/s1. The van der Waals surface area contributed by atoms with Crippen LogP contribution in [0.4, 0.5) is 5.95 Å². The molecule has 1 saturated heterocycles. The third kappa shape index (κ3) is 3.77. The van der Waals surface area contributed by atoms with Crippen LogP contribution in [-0.4, -0.2) is 34.5 Å². The monoisotopic (exact) mass is 453 g/mol. The van der Waals surface area contributed by atoms with Gasteiger partial charge < -0.3 is 14.8 Å². The average molecular weight is 454 g/mol. The Labute approximate surface area is 200 Å². The minimum absolute atomic E-state index is 0.167. The zero-order chi connectivity index (χ0) is 23.1. The van der Waals surface area contributed by atoms with Gasteiger partial charge in [0.1, 0.15) is 12.0 Å². The third-order valence-electron chi connectivity index (χ3n) is 8.52. The molecule has 6 rings (SSSR count). The minimum atomic E-state index is 0.167. The van der Waals surface area contributed by atoms with Crippen molar-refractivity contribution in [2.24, 2.45) is 11.3 Å². The molecule has 5 heteroatoms. The highest BCUT2D eigenvalue weighted by Gasteiger charge is 2.45. The third-order valence-corrected chi connectivity index (χ3v) is 8.52. The summed E-state index contributed by atoms with van der Waals surface area (Å²) in [6.07, 6.45) is 11.5. The van der Waals surface area contributed by atoms with Crippen LogP contribution >= 0.6 is 0 Å². The number of aromatic nitrogens is 2. The number of aryl methyl sites for hydroxylation is 1. The zero-order valence-electron chi connectivity index (χ0n) is 19.4. The Morgan fingerprint density at radius 1 is 0.971 bits per heavy atom. The van der Waals surface area contributed by atoms with Gasteiger partial charge in [-0.05, 0) is 84.2 Å². The maximum atomic E-state index is 11.0.